The molecule has 0 radical (unpaired) electrons. The Morgan fingerprint density at radius 3 is 2.61 bits per heavy atom. The minimum absolute atomic E-state index is 0.210. The Morgan fingerprint density at radius 2 is 1.97 bits per heavy atom. The number of allylic oxidation sites excluding steroid dienone is 1. The maximum atomic E-state index is 12.2. The average molecular weight is 435 g/mol. The fourth-order valence-corrected chi connectivity index (χ4v) is 3.93. The Balaban J connectivity index is 1.99. The van der Waals surface area contributed by atoms with Gasteiger partial charge >= 0.3 is 0 Å². The van der Waals surface area contributed by atoms with Gasteiger partial charge in [0.1, 0.15) is 6.61 Å². The maximum Gasteiger partial charge on any atom is 0.293 e. The van der Waals surface area contributed by atoms with Crippen LogP contribution in [0.5, 0.6) is 11.5 Å². The summed E-state index contributed by atoms with van der Waals surface area (Å²) in [4.78, 5) is 25.5. The van der Waals surface area contributed by atoms with Crippen molar-refractivity contribution in [2.24, 2.45) is 0 Å². The van der Waals surface area contributed by atoms with Gasteiger partial charge < -0.3 is 9.47 Å². The minimum atomic E-state index is -0.327. The zero-order chi connectivity index (χ0) is 22.4. The predicted octanol–water partition coefficient (Wildman–Crippen LogP) is 4.93. The molecular formula is C24H22N2O4S. The van der Waals surface area contributed by atoms with E-state index in [1.807, 2.05) is 31.2 Å². The number of likely N-dealkylation sites (N-methyl/N-ethyl adjacent to an activating group) is 1. The standard InChI is InChI=1S/C24H22N2O4S/c1-4-8-17-11-16(13-21-23(27)26(3)24(28)31-21)12-20(29-5-2)22(17)30-15-19-10-7-6-9-18(19)14-25/h4,6-7,9-13H,1,5,8,15H2,2-3H3/b21-13-. The van der Waals surface area contributed by atoms with Crippen LogP contribution in [-0.2, 0) is 17.8 Å². The summed E-state index contributed by atoms with van der Waals surface area (Å²) in [5, 5.41) is 9.02. The number of rotatable bonds is 8. The molecule has 1 saturated heterocycles. The maximum absolute atomic E-state index is 12.2. The van der Waals surface area contributed by atoms with Crippen LogP contribution in [-0.4, -0.2) is 29.7 Å². The van der Waals surface area contributed by atoms with E-state index < -0.39 is 0 Å². The van der Waals surface area contributed by atoms with Gasteiger partial charge in [0.05, 0.1) is 23.1 Å². The van der Waals surface area contributed by atoms with Gasteiger partial charge in [-0.05, 0) is 54.9 Å². The average Bonchev–Trinajstić information content (AvgIpc) is 3.00. The van der Waals surface area contributed by atoms with Crippen LogP contribution in [0.3, 0.4) is 0 Å². The molecule has 1 aliphatic heterocycles. The molecule has 2 amide bonds. The van der Waals surface area contributed by atoms with Gasteiger partial charge in [0.15, 0.2) is 11.5 Å². The smallest absolute Gasteiger partial charge is 0.293 e. The summed E-state index contributed by atoms with van der Waals surface area (Å²) in [5.74, 6) is 0.764. The summed E-state index contributed by atoms with van der Waals surface area (Å²) >= 11 is 0.907. The van der Waals surface area contributed by atoms with E-state index in [-0.39, 0.29) is 17.8 Å². The van der Waals surface area contributed by atoms with Crippen molar-refractivity contribution in [2.45, 2.75) is 20.0 Å². The number of imide groups is 1. The number of ether oxygens (including phenoxy) is 2. The molecule has 0 spiro atoms. The number of carbonyl (C=O) groups is 2. The number of nitriles is 1. The highest BCUT2D eigenvalue weighted by molar-refractivity contribution is 8.18. The van der Waals surface area contributed by atoms with Crippen molar-refractivity contribution in [3.8, 4) is 17.6 Å². The van der Waals surface area contributed by atoms with E-state index in [9.17, 15) is 14.9 Å². The molecule has 1 fully saturated rings. The first-order chi connectivity index (χ1) is 15.0. The first-order valence-electron chi connectivity index (χ1n) is 9.71. The Labute approximate surface area is 185 Å². The van der Waals surface area contributed by atoms with Gasteiger partial charge in [-0.25, -0.2) is 0 Å². The number of carbonyl (C=O) groups excluding carboxylic acids is 2. The van der Waals surface area contributed by atoms with Crippen LogP contribution >= 0.6 is 11.8 Å². The molecule has 2 aromatic rings. The van der Waals surface area contributed by atoms with Crippen molar-refractivity contribution >= 4 is 29.0 Å². The van der Waals surface area contributed by atoms with E-state index in [2.05, 4.69) is 12.6 Å². The van der Waals surface area contributed by atoms with E-state index in [1.165, 1.54) is 7.05 Å². The fraction of sp³-hybridized carbons (Fsp3) is 0.208. The van der Waals surface area contributed by atoms with Crippen molar-refractivity contribution in [1.29, 1.82) is 5.26 Å². The third kappa shape index (κ3) is 4.98. The third-order valence-corrected chi connectivity index (χ3v) is 5.57. The number of hydrogen-bond acceptors (Lipinski definition) is 6. The van der Waals surface area contributed by atoms with Gasteiger partial charge in [0.2, 0.25) is 0 Å². The molecule has 0 atom stereocenters. The third-order valence-electron chi connectivity index (χ3n) is 4.61. The van der Waals surface area contributed by atoms with E-state index in [4.69, 9.17) is 9.47 Å². The van der Waals surface area contributed by atoms with Crippen molar-refractivity contribution in [3.63, 3.8) is 0 Å². The molecular weight excluding hydrogens is 412 g/mol. The fourth-order valence-electron chi connectivity index (χ4n) is 3.10. The molecule has 1 heterocycles. The van der Waals surface area contributed by atoms with E-state index >= 15 is 0 Å². The van der Waals surface area contributed by atoms with Crippen LogP contribution < -0.4 is 9.47 Å². The zero-order valence-corrected chi connectivity index (χ0v) is 18.2. The first kappa shape index (κ1) is 22.2. The Kier molecular flexibility index (Phi) is 7.16. The lowest BCUT2D eigenvalue weighted by molar-refractivity contribution is -0.121. The van der Waals surface area contributed by atoms with Crippen molar-refractivity contribution in [2.75, 3.05) is 13.7 Å². The summed E-state index contributed by atoms with van der Waals surface area (Å²) in [7, 11) is 1.46. The van der Waals surface area contributed by atoms with E-state index in [0.29, 0.717) is 35.0 Å². The molecule has 1 aliphatic rings. The van der Waals surface area contributed by atoms with Gasteiger partial charge in [-0.3, -0.25) is 14.5 Å². The van der Waals surface area contributed by atoms with Crippen molar-refractivity contribution < 1.29 is 19.1 Å². The molecule has 7 heteroatoms. The Bertz CT molecular complexity index is 1100. The van der Waals surface area contributed by atoms with Crippen molar-refractivity contribution in [1.82, 2.24) is 4.90 Å². The molecule has 3 rings (SSSR count). The lowest BCUT2D eigenvalue weighted by Gasteiger charge is -2.17. The second-order valence-corrected chi connectivity index (χ2v) is 7.72. The largest absolute Gasteiger partial charge is 0.490 e. The SMILES string of the molecule is C=CCc1cc(/C=C2\SC(=O)N(C)C2=O)cc(OCC)c1OCc1ccccc1C#N. The molecule has 0 saturated carbocycles. The van der Waals surface area contributed by atoms with Gasteiger partial charge in [0, 0.05) is 18.2 Å². The van der Waals surface area contributed by atoms with Crippen LogP contribution in [0.1, 0.15) is 29.2 Å². The highest BCUT2D eigenvalue weighted by Gasteiger charge is 2.31. The summed E-state index contributed by atoms with van der Waals surface area (Å²) < 4.78 is 11.9. The molecule has 6 nitrogen and oxygen atoms in total. The first-order valence-corrected chi connectivity index (χ1v) is 10.5. The number of nitrogens with zero attached hydrogens (tertiary/aromatic N) is 2. The van der Waals surface area contributed by atoms with Gasteiger partial charge in [-0.15, -0.1) is 6.58 Å². The number of amides is 2. The van der Waals surface area contributed by atoms with Gasteiger partial charge in [0.25, 0.3) is 11.1 Å². The highest BCUT2D eigenvalue weighted by atomic mass is 32.2. The highest BCUT2D eigenvalue weighted by Crippen LogP contribution is 2.37. The monoisotopic (exact) mass is 434 g/mol. The number of thioether (sulfide) groups is 1. The summed E-state index contributed by atoms with van der Waals surface area (Å²) in [6, 6.07) is 13.1. The second kappa shape index (κ2) is 10.0. The quantitative estimate of drug-likeness (QED) is 0.433. The zero-order valence-electron chi connectivity index (χ0n) is 17.4. The number of benzene rings is 2. The molecule has 0 unspecified atom stereocenters. The van der Waals surface area contributed by atoms with E-state index in [0.717, 1.165) is 33.4 Å². The molecule has 0 bridgehead atoms. The summed E-state index contributed by atoms with van der Waals surface area (Å²) in [6.07, 6.45) is 3.95. The molecule has 0 aromatic heterocycles. The predicted molar refractivity (Wildman–Crippen MR) is 121 cm³/mol. The van der Waals surface area contributed by atoms with E-state index in [1.54, 1.807) is 24.3 Å². The minimum Gasteiger partial charge on any atom is -0.490 e. The lowest BCUT2D eigenvalue weighted by Crippen LogP contribution is -2.22. The molecule has 0 aliphatic carbocycles. The molecule has 158 valence electrons. The van der Waals surface area contributed by atoms with Crippen LogP contribution in [0.2, 0.25) is 0 Å². The van der Waals surface area contributed by atoms with Gasteiger partial charge in [-0.1, -0.05) is 24.3 Å². The normalized spacial score (nSPS) is 14.6. The van der Waals surface area contributed by atoms with Crippen LogP contribution in [0.15, 0.2) is 54.0 Å². The van der Waals surface area contributed by atoms with Crippen LogP contribution in [0, 0.1) is 11.3 Å². The van der Waals surface area contributed by atoms with Crippen molar-refractivity contribution in [3.05, 3.63) is 76.2 Å². The topological polar surface area (TPSA) is 79.6 Å². The van der Waals surface area contributed by atoms with Crippen LogP contribution in [0.25, 0.3) is 6.08 Å². The summed E-state index contributed by atoms with van der Waals surface area (Å²) in [5.41, 5.74) is 2.89. The summed E-state index contributed by atoms with van der Waals surface area (Å²) in [6.45, 7) is 6.33. The molecule has 31 heavy (non-hydrogen) atoms. The Morgan fingerprint density at radius 1 is 1.19 bits per heavy atom. The van der Waals surface area contributed by atoms with Gasteiger partial charge in [-0.2, -0.15) is 5.26 Å². The molecule has 0 N–H and O–H groups in total. The Hall–Kier alpha value is -3.50. The van der Waals surface area contributed by atoms with Crippen LogP contribution in [0.4, 0.5) is 4.79 Å². The lowest BCUT2D eigenvalue weighted by atomic mass is 10.0. The molecule has 2 aromatic carbocycles. The number of hydrogen-bond donors (Lipinski definition) is 0. The second-order valence-electron chi connectivity index (χ2n) is 6.73.